The molecule has 112 valence electrons. The normalized spacial score (nSPS) is 24.9. The second-order valence-electron chi connectivity index (χ2n) is 6.70. The van der Waals surface area contributed by atoms with E-state index in [1.54, 1.807) is 0 Å². The van der Waals surface area contributed by atoms with Crippen LogP contribution >= 0.6 is 0 Å². The number of rotatable bonds is 5. The van der Waals surface area contributed by atoms with Gasteiger partial charge in [-0.25, -0.2) is 0 Å². The zero-order valence-corrected chi connectivity index (χ0v) is 13.7. The summed E-state index contributed by atoms with van der Waals surface area (Å²) in [6.45, 7) is 6.88. The van der Waals surface area contributed by atoms with Gasteiger partial charge in [0.05, 0.1) is 0 Å². The van der Waals surface area contributed by atoms with E-state index in [0.29, 0.717) is 12.0 Å². The van der Waals surface area contributed by atoms with Crippen LogP contribution in [0, 0.1) is 11.8 Å². The molecule has 20 heavy (non-hydrogen) atoms. The Morgan fingerprint density at radius 1 is 1.05 bits per heavy atom. The molecule has 0 spiro atoms. The van der Waals surface area contributed by atoms with E-state index in [1.165, 1.54) is 43.2 Å². The molecule has 0 heterocycles. The molecule has 1 aliphatic carbocycles. The van der Waals surface area contributed by atoms with Crippen molar-refractivity contribution in [3.8, 4) is 0 Å². The first-order valence-corrected chi connectivity index (χ1v) is 8.44. The second-order valence-corrected chi connectivity index (χ2v) is 6.70. The maximum atomic E-state index is 3.60. The summed E-state index contributed by atoms with van der Waals surface area (Å²) < 4.78 is 0. The average molecular weight is 273 g/mol. The Labute approximate surface area is 125 Å². The van der Waals surface area contributed by atoms with E-state index in [0.717, 1.165) is 11.8 Å². The van der Waals surface area contributed by atoms with Crippen molar-refractivity contribution in [1.82, 2.24) is 5.32 Å². The lowest BCUT2D eigenvalue weighted by Gasteiger charge is -2.37. The lowest BCUT2D eigenvalue weighted by Crippen LogP contribution is -2.32. The molecule has 0 bridgehead atoms. The number of nitrogens with one attached hydrogen (secondary N) is 1. The summed E-state index contributed by atoms with van der Waals surface area (Å²) in [5.74, 6) is 2.32. The van der Waals surface area contributed by atoms with Crippen LogP contribution in [0.25, 0.3) is 0 Å². The molecule has 0 saturated heterocycles. The van der Waals surface area contributed by atoms with Gasteiger partial charge in [0.2, 0.25) is 0 Å². The minimum absolute atomic E-state index is 0.529. The molecule has 1 aromatic carbocycles. The van der Waals surface area contributed by atoms with Gasteiger partial charge in [0.15, 0.2) is 0 Å². The summed E-state index contributed by atoms with van der Waals surface area (Å²) in [7, 11) is 2.13. The molecule has 1 heteroatoms. The molecule has 1 saturated carbocycles. The van der Waals surface area contributed by atoms with Gasteiger partial charge >= 0.3 is 0 Å². The molecular weight excluding hydrogens is 242 g/mol. The average Bonchev–Trinajstić information content (AvgIpc) is 2.49. The monoisotopic (exact) mass is 273 g/mol. The van der Waals surface area contributed by atoms with Gasteiger partial charge in [0, 0.05) is 6.04 Å². The van der Waals surface area contributed by atoms with Crippen LogP contribution in [0.15, 0.2) is 24.3 Å². The van der Waals surface area contributed by atoms with Gasteiger partial charge < -0.3 is 5.32 Å². The van der Waals surface area contributed by atoms with Gasteiger partial charge in [0.1, 0.15) is 0 Å². The highest BCUT2D eigenvalue weighted by atomic mass is 14.9. The minimum Gasteiger partial charge on any atom is -0.313 e. The summed E-state index contributed by atoms with van der Waals surface area (Å²) in [5.41, 5.74) is 2.92. The van der Waals surface area contributed by atoms with Crippen molar-refractivity contribution in [2.45, 2.75) is 64.8 Å². The lowest BCUT2D eigenvalue weighted by atomic mass is 9.72. The number of hydrogen-bond donors (Lipinski definition) is 1. The topological polar surface area (TPSA) is 12.0 Å². The summed E-state index contributed by atoms with van der Waals surface area (Å²) in [4.78, 5) is 0. The van der Waals surface area contributed by atoms with Crippen LogP contribution in [0.5, 0.6) is 0 Å². The molecule has 0 aromatic heterocycles. The third-order valence-electron chi connectivity index (χ3n) is 5.19. The maximum Gasteiger partial charge on any atom is 0.0348 e. The van der Waals surface area contributed by atoms with E-state index in [9.17, 15) is 0 Å². The number of hydrogen-bond acceptors (Lipinski definition) is 1. The highest BCUT2D eigenvalue weighted by Gasteiger charge is 2.30. The van der Waals surface area contributed by atoms with Crippen LogP contribution in [-0.2, 0) is 0 Å². The summed E-state index contributed by atoms with van der Waals surface area (Å²) in [6.07, 6.45) is 6.97. The molecule has 3 unspecified atom stereocenters. The summed E-state index contributed by atoms with van der Waals surface area (Å²) in [5, 5.41) is 3.60. The molecule has 2 rings (SSSR count). The summed E-state index contributed by atoms with van der Waals surface area (Å²) >= 11 is 0. The SMILES string of the molecule is CCC1CCCCC1C(NC)c1ccc(C(C)C)cc1. The molecule has 0 amide bonds. The van der Waals surface area contributed by atoms with E-state index >= 15 is 0 Å². The van der Waals surface area contributed by atoms with Crippen molar-refractivity contribution in [3.05, 3.63) is 35.4 Å². The van der Waals surface area contributed by atoms with Crippen molar-refractivity contribution in [3.63, 3.8) is 0 Å². The maximum absolute atomic E-state index is 3.60. The molecule has 0 radical (unpaired) electrons. The molecule has 1 aliphatic rings. The van der Waals surface area contributed by atoms with Crippen molar-refractivity contribution in [1.29, 1.82) is 0 Å². The number of benzene rings is 1. The molecular formula is C19H31N. The van der Waals surface area contributed by atoms with Crippen molar-refractivity contribution < 1.29 is 0 Å². The lowest BCUT2D eigenvalue weighted by molar-refractivity contribution is 0.180. The Morgan fingerprint density at radius 2 is 1.65 bits per heavy atom. The van der Waals surface area contributed by atoms with E-state index in [2.05, 4.69) is 57.4 Å². The van der Waals surface area contributed by atoms with Crippen LogP contribution < -0.4 is 5.32 Å². The second kappa shape index (κ2) is 7.26. The first-order valence-electron chi connectivity index (χ1n) is 8.44. The molecule has 0 aliphatic heterocycles. The predicted molar refractivity (Wildman–Crippen MR) is 88.1 cm³/mol. The predicted octanol–water partition coefficient (Wildman–Crippen LogP) is 5.29. The Bertz CT molecular complexity index is 393. The third-order valence-corrected chi connectivity index (χ3v) is 5.19. The quantitative estimate of drug-likeness (QED) is 0.769. The van der Waals surface area contributed by atoms with Crippen LogP contribution in [0.3, 0.4) is 0 Å². The van der Waals surface area contributed by atoms with Crippen molar-refractivity contribution >= 4 is 0 Å². The fourth-order valence-electron chi connectivity index (χ4n) is 3.90. The minimum atomic E-state index is 0.529. The van der Waals surface area contributed by atoms with Crippen molar-refractivity contribution in [2.24, 2.45) is 11.8 Å². The van der Waals surface area contributed by atoms with Gasteiger partial charge in [-0.15, -0.1) is 0 Å². The van der Waals surface area contributed by atoms with Gasteiger partial charge in [0.25, 0.3) is 0 Å². The fourth-order valence-corrected chi connectivity index (χ4v) is 3.90. The van der Waals surface area contributed by atoms with Crippen LogP contribution in [0.2, 0.25) is 0 Å². The Kier molecular flexibility index (Phi) is 5.65. The Hall–Kier alpha value is -0.820. The Morgan fingerprint density at radius 3 is 2.20 bits per heavy atom. The smallest absolute Gasteiger partial charge is 0.0348 e. The van der Waals surface area contributed by atoms with Crippen LogP contribution in [-0.4, -0.2) is 7.05 Å². The van der Waals surface area contributed by atoms with Crippen LogP contribution in [0.1, 0.15) is 76.0 Å². The van der Waals surface area contributed by atoms with E-state index in [-0.39, 0.29) is 0 Å². The van der Waals surface area contributed by atoms with Crippen molar-refractivity contribution in [2.75, 3.05) is 7.05 Å². The molecule has 1 fully saturated rings. The first-order chi connectivity index (χ1) is 9.67. The highest BCUT2D eigenvalue weighted by Crippen LogP contribution is 2.40. The standard InChI is InChI=1S/C19H31N/c1-5-15-8-6-7-9-18(15)19(20-4)17-12-10-16(11-13-17)14(2)3/h10-15,18-20H,5-9H2,1-4H3. The molecule has 1 nitrogen and oxygen atoms in total. The zero-order chi connectivity index (χ0) is 14.5. The van der Waals surface area contributed by atoms with E-state index in [4.69, 9.17) is 0 Å². The first kappa shape index (κ1) is 15.6. The van der Waals surface area contributed by atoms with Gasteiger partial charge in [-0.1, -0.05) is 70.7 Å². The third kappa shape index (κ3) is 3.44. The molecule has 1 N–H and O–H groups in total. The van der Waals surface area contributed by atoms with E-state index in [1.807, 2.05) is 0 Å². The Balaban J connectivity index is 2.17. The van der Waals surface area contributed by atoms with Gasteiger partial charge in [-0.2, -0.15) is 0 Å². The van der Waals surface area contributed by atoms with E-state index < -0.39 is 0 Å². The van der Waals surface area contributed by atoms with Crippen LogP contribution in [0.4, 0.5) is 0 Å². The zero-order valence-electron chi connectivity index (χ0n) is 13.7. The summed E-state index contributed by atoms with van der Waals surface area (Å²) in [6, 6.07) is 9.85. The van der Waals surface area contributed by atoms with Gasteiger partial charge in [-0.05, 0) is 42.3 Å². The van der Waals surface area contributed by atoms with Gasteiger partial charge in [-0.3, -0.25) is 0 Å². The molecule has 3 atom stereocenters. The highest BCUT2D eigenvalue weighted by molar-refractivity contribution is 5.27. The largest absolute Gasteiger partial charge is 0.313 e. The fraction of sp³-hybridized carbons (Fsp3) is 0.684. The molecule has 1 aromatic rings.